The summed E-state index contributed by atoms with van der Waals surface area (Å²) in [4.78, 5) is 0. The Morgan fingerprint density at radius 2 is 0.300 bits per heavy atom. The van der Waals surface area contributed by atoms with Gasteiger partial charge in [-0.2, -0.15) is 0 Å². The fourth-order valence-electron chi connectivity index (χ4n) is 7.73. The van der Waals surface area contributed by atoms with Crippen LogP contribution < -0.4 is 0 Å². The first kappa shape index (κ1) is 52.6. The molecule has 0 aliphatic rings. The zero-order valence-corrected chi connectivity index (χ0v) is 36.8. The van der Waals surface area contributed by atoms with Gasteiger partial charge in [-0.25, -0.2) is 0 Å². The van der Waals surface area contributed by atoms with Crippen LogP contribution in [0.5, 0.6) is 0 Å². The van der Waals surface area contributed by atoms with E-state index in [0.29, 0.717) is 0 Å². The standard InChI is InChI=1S/C48H98O.V/c1-3-5-7-9-11-13-15-17-19-21-23-25-27-29-31-33-35-37-39-41-43-45-47-49-48-46-44-42-40-38-36-34-32-30-28-26-24-22-20-18-16-14-12-10-8-6-4-2;/h3-48H2,1-2H3;. The molecule has 0 aromatic heterocycles. The largest absolute Gasteiger partial charge is 0.381 e. The van der Waals surface area contributed by atoms with E-state index in [-0.39, 0.29) is 18.6 Å². The van der Waals surface area contributed by atoms with E-state index in [1.165, 1.54) is 283 Å². The van der Waals surface area contributed by atoms with Crippen LogP contribution in [0.15, 0.2) is 0 Å². The fraction of sp³-hybridized carbons (Fsp3) is 1.00. The third-order valence-corrected chi connectivity index (χ3v) is 11.3. The predicted octanol–water partition coefficient (Wildman–Crippen LogP) is 18.2. The fourth-order valence-corrected chi connectivity index (χ4v) is 7.73. The number of hydrogen-bond acceptors (Lipinski definition) is 1. The van der Waals surface area contributed by atoms with E-state index < -0.39 is 0 Å². The maximum absolute atomic E-state index is 5.92. The van der Waals surface area contributed by atoms with Gasteiger partial charge in [-0.15, -0.1) is 0 Å². The van der Waals surface area contributed by atoms with Gasteiger partial charge in [0.1, 0.15) is 0 Å². The van der Waals surface area contributed by atoms with E-state index in [1.807, 2.05) is 0 Å². The minimum atomic E-state index is 0. The van der Waals surface area contributed by atoms with Crippen molar-refractivity contribution in [1.29, 1.82) is 0 Å². The molecule has 50 heavy (non-hydrogen) atoms. The first-order valence-corrected chi connectivity index (χ1v) is 24.0. The van der Waals surface area contributed by atoms with E-state index in [0.717, 1.165) is 13.2 Å². The van der Waals surface area contributed by atoms with E-state index in [4.69, 9.17) is 4.74 Å². The number of unbranched alkanes of at least 4 members (excludes halogenated alkanes) is 42. The maximum atomic E-state index is 5.92. The van der Waals surface area contributed by atoms with Gasteiger partial charge in [-0.1, -0.05) is 284 Å². The monoisotopic (exact) mass is 742 g/mol. The Morgan fingerprint density at radius 3 is 0.440 bits per heavy atom. The maximum Gasteiger partial charge on any atom is 0.0466 e. The van der Waals surface area contributed by atoms with Gasteiger partial charge in [0.15, 0.2) is 0 Å². The van der Waals surface area contributed by atoms with Crippen molar-refractivity contribution in [1.82, 2.24) is 0 Å². The Hall–Kier alpha value is 0.544. The quantitative estimate of drug-likeness (QED) is 0.0565. The zero-order valence-electron chi connectivity index (χ0n) is 35.4. The van der Waals surface area contributed by atoms with Gasteiger partial charge in [-0.3, -0.25) is 0 Å². The van der Waals surface area contributed by atoms with Gasteiger partial charge in [0.25, 0.3) is 0 Å². The smallest absolute Gasteiger partial charge is 0.0466 e. The molecule has 0 rings (SSSR count). The van der Waals surface area contributed by atoms with Crippen LogP contribution in [0.25, 0.3) is 0 Å². The number of ether oxygens (including phenoxy) is 1. The Kier molecular flexibility index (Phi) is 54.4. The average molecular weight is 742 g/mol. The van der Waals surface area contributed by atoms with Gasteiger partial charge >= 0.3 is 0 Å². The van der Waals surface area contributed by atoms with Gasteiger partial charge in [0.2, 0.25) is 0 Å². The third-order valence-electron chi connectivity index (χ3n) is 11.3. The van der Waals surface area contributed by atoms with Crippen LogP contribution in [0.3, 0.4) is 0 Å². The summed E-state index contributed by atoms with van der Waals surface area (Å²) >= 11 is 0. The summed E-state index contributed by atoms with van der Waals surface area (Å²) in [6, 6.07) is 0. The molecule has 0 saturated heterocycles. The second kappa shape index (κ2) is 51.7. The summed E-state index contributed by atoms with van der Waals surface area (Å²) in [5, 5.41) is 0. The van der Waals surface area contributed by atoms with Crippen LogP contribution in [-0.2, 0) is 23.3 Å². The zero-order chi connectivity index (χ0) is 35.2. The van der Waals surface area contributed by atoms with Crippen LogP contribution >= 0.6 is 0 Å². The number of rotatable bonds is 46. The Morgan fingerprint density at radius 1 is 0.180 bits per heavy atom. The van der Waals surface area contributed by atoms with Crippen LogP contribution in [0, 0.1) is 0 Å². The van der Waals surface area contributed by atoms with Crippen molar-refractivity contribution >= 4 is 0 Å². The van der Waals surface area contributed by atoms with E-state index in [9.17, 15) is 0 Å². The van der Waals surface area contributed by atoms with Gasteiger partial charge in [-0.05, 0) is 12.8 Å². The molecule has 2 heteroatoms. The van der Waals surface area contributed by atoms with Crippen molar-refractivity contribution in [2.24, 2.45) is 0 Å². The molecule has 0 fully saturated rings. The van der Waals surface area contributed by atoms with Crippen LogP contribution in [0.4, 0.5) is 0 Å². The molecule has 0 aliphatic heterocycles. The Bertz CT molecular complexity index is 490. The van der Waals surface area contributed by atoms with Gasteiger partial charge in [0, 0.05) is 31.8 Å². The normalized spacial score (nSPS) is 11.4. The Balaban J connectivity index is 0. The molecule has 0 spiro atoms. The first-order chi connectivity index (χ1) is 24.4. The topological polar surface area (TPSA) is 9.23 Å². The molecular weight excluding hydrogens is 643 g/mol. The van der Waals surface area contributed by atoms with Crippen molar-refractivity contribution in [3.8, 4) is 0 Å². The molecule has 0 heterocycles. The van der Waals surface area contributed by atoms with Crippen molar-refractivity contribution in [2.75, 3.05) is 13.2 Å². The van der Waals surface area contributed by atoms with E-state index in [1.54, 1.807) is 0 Å². The second-order valence-electron chi connectivity index (χ2n) is 16.5. The molecular formula is C48H98OV. The summed E-state index contributed by atoms with van der Waals surface area (Å²) in [5.41, 5.74) is 0. The summed E-state index contributed by atoms with van der Waals surface area (Å²) in [7, 11) is 0. The van der Waals surface area contributed by atoms with Crippen LogP contribution in [-0.4, -0.2) is 13.2 Å². The summed E-state index contributed by atoms with van der Waals surface area (Å²) in [5.74, 6) is 0. The number of hydrogen-bond donors (Lipinski definition) is 0. The Labute approximate surface area is 331 Å². The molecule has 301 valence electrons. The van der Waals surface area contributed by atoms with Crippen molar-refractivity contribution in [2.45, 2.75) is 296 Å². The average Bonchev–Trinajstić information content (AvgIpc) is 3.11. The molecule has 0 unspecified atom stereocenters. The summed E-state index contributed by atoms with van der Waals surface area (Å²) < 4.78 is 5.92. The minimum Gasteiger partial charge on any atom is -0.381 e. The molecule has 0 amide bonds. The third kappa shape index (κ3) is 50.7. The first-order valence-electron chi connectivity index (χ1n) is 24.0. The molecule has 1 nitrogen and oxygen atoms in total. The van der Waals surface area contributed by atoms with E-state index >= 15 is 0 Å². The molecule has 1 radical (unpaired) electrons. The second-order valence-corrected chi connectivity index (χ2v) is 16.5. The molecule has 0 saturated carbocycles. The summed E-state index contributed by atoms with van der Waals surface area (Å²) in [6.07, 6.45) is 64.0. The van der Waals surface area contributed by atoms with Crippen LogP contribution in [0.2, 0.25) is 0 Å². The van der Waals surface area contributed by atoms with Crippen molar-refractivity contribution in [3.63, 3.8) is 0 Å². The van der Waals surface area contributed by atoms with Gasteiger partial charge < -0.3 is 4.74 Å². The molecule has 0 aliphatic carbocycles. The molecule has 0 aromatic carbocycles. The molecule has 0 bridgehead atoms. The van der Waals surface area contributed by atoms with Crippen molar-refractivity contribution < 1.29 is 23.3 Å². The van der Waals surface area contributed by atoms with Crippen molar-refractivity contribution in [3.05, 3.63) is 0 Å². The molecule has 0 aromatic rings. The SMILES string of the molecule is CCCCCCCCCCCCCCCCCCCCCCCCOCCCCCCCCCCCCCCCCCCCCCCCC.[V]. The molecule has 0 atom stereocenters. The van der Waals surface area contributed by atoms with Gasteiger partial charge in [0.05, 0.1) is 0 Å². The summed E-state index contributed by atoms with van der Waals surface area (Å²) in [6.45, 7) is 6.61. The molecule has 0 N–H and O–H groups in total. The minimum absolute atomic E-state index is 0. The van der Waals surface area contributed by atoms with E-state index in [2.05, 4.69) is 13.8 Å². The predicted molar refractivity (Wildman–Crippen MR) is 225 cm³/mol. The van der Waals surface area contributed by atoms with Crippen LogP contribution in [0.1, 0.15) is 296 Å².